The van der Waals surface area contributed by atoms with Crippen LogP contribution in [0.15, 0.2) is 6.33 Å². The highest BCUT2D eigenvalue weighted by atomic mass is 16.4. The van der Waals surface area contributed by atoms with Crippen molar-refractivity contribution in [3.8, 4) is 0 Å². The number of carbonyl (C=O) groups is 1. The predicted octanol–water partition coefficient (Wildman–Crippen LogP) is 0.167. The highest BCUT2D eigenvalue weighted by Gasteiger charge is 2.19. The molecular weight excluding hydrogens is 236 g/mol. The molecule has 0 aliphatic heterocycles. The van der Waals surface area contributed by atoms with E-state index in [2.05, 4.69) is 20.5 Å². The number of hydrogen-bond acceptors (Lipinski definition) is 5. The van der Waals surface area contributed by atoms with Crippen LogP contribution < -0.4 is 5.32 Å². The second kappa shape index (κ2) is 4.47. The number of rotatable bonds is 4. The Labute approximate surface area is 103 Å². The zero-order valence-corrected chi connectivity index (χ0v) is 10.4. The Morgan fingerprint density at radius 1 is 1.44 bits per heavy atom. The summed E-state index contributed by atoms with van der Waals surface area (Å²) >= 11 is 0. The Morgan fingerprint density at radius 2 is 2.17 bits per heavy atom. The van der Waals surface area contributed by atoms with Gasteiger partial charge in [-0.05, 0) is 6.92 Å². The molecule has 0 aliphatic rings. The second-order valence-corrected chi connectivity index (χ2v) is 3.93. The van der Waals surface area contributed by atoms with E-state index < -0.39 is 5.97 Å². The second-order valence-electron chi connectivity index (χ2n) is 3.93. The number of hydrogen-bond donors (Lipinski definition) is 2. The van der Waals surface area contributed by atoms with Crippen LogP contribution in [0.4, 0.5) is 5.82 Å². The molecule has 2 rings (SSSR count). The minimum atomic E-state index is -1.00. The van der Waals surface area contributed by atoms with Gasteiger partial charge >= 0.3 is 5.97 Å². The average molecular weight is 250 g/mol. The molecule has 0 bridgehead atoms. The third kappa shape index (κ3) is 2.17. The first-order valence-corrected chi connectivity index (χ1v) is 5.34. The van der Waals surface area contributed by atoms with Crippen molar-refractivity contribution in [2.24, 2.45) is 14.1 Å². The van der Waals surface area contributed by atoms with E-state index in [1.807, 2.05) is 0 Å². The molecule has 2 N–H and O–H groups in total. The van der Waals surface area contributed by atoms with Crippen LogP contribution >= 0.6 is 0 Å². The van der Waals surface area contributed by atoms with E-state index in [-0.39, 0.29) is 5.56 Å². The first-order valence-electron chi connectivity index (χ1n) is 5.34. The summed E-state index contributed by atoms with van der Waals surface area (Å²) in [6.07, 6.45) is 1.59. The maximum atomic E-state index is 11.1. The van der Waals surface area contributed by atoms with Gasteiger partial charge in [0.1, 0.15) is 17.7 Å². The van der Waals surface area contributed by atoms with Gasteiger partial charge in [-0.2, -0.15) is 10.2 Å². The van der Waals surface area contributed by atoms with Gasteiger partial charge in [-0.3, -0.25) is 9.36 Å². The number of carboxylic acids is 1. The van der Waals surface area contributed by atoms with Crippen molar-refractivity contribution < 1.29 is 9.90 Å². The highest BCUT2D eigenvalue weighted by molar-refractivity contribution is 5.94. The Bertz CT molecular complexity index is 585. The maximum Gasteiger partial charge on any atom is 0.341 e. The molecule has 0 atom stereocenters. The number of aryl methyl sites for hydroxylation is 3. The van der Waals surface area contributed by atoms with Crippen LogP contribution in [0, 0.1) is 6.92 Å². The van der Waals surface area contributed by atoms with Gasteiger partial charge in [-0.1, -0.05) is 0 Å². The maximum absolute atomic E-state index is 11.1. The monoisotopic (exact) mass is 250 g/mol. The fourth-order valence-electron chi connectivity index (χ4n) is 1.74. The molecule has 0 amide bonds. The molecule has 0 fully saturated rings. The summed E-state index contributed by atoms with van der Waals surface area (Å²) < 4.78 is 3.09. The van der Waals surface area contributed by atoms with Gasteiger partial charge in [0.15, 0.2) is 5.82 Å². The summed E-state index contributed by atoms with van der Waals surface area (Å²) in [4.78, 5) is 15.2. The van der Waals surface area contributed by atoms with Crippen molar-refractivity contribution in [3.63, 3.8) is 0 Å². The van der Waals surface area contributed by atoms with E-state index in [0.717, 1.165) is 0 Å². The van der Waals surface area contributed by atoms with Crippen LogP contribution in [0.25, 0.3) is 0 Å². The van der Waals surface area contributed by atoms with Crippen LogP contribution in [-0.4, -0.2) is 35.6 Å². The number of carboxylic acid groups (broad SMARTS) is 1. The number of aromatic carboxylic acids is 1. The zero-order chi connectivity index (χ0) is 13.3. The van der Waals surface area contributed by atoms with E-state index in [0.29, 0.717) is 23.9 Å². The Balaban J connectivity index is 2.21. The quantitative estimate of drug-likeness (QED) is 0.802. The molecule has 18 heavy (non-hydrogen) atoms. The Kier molecular flexibility index (Phi) is 3.00. The first kappa shape index (κ1) is 12.1. The van der Waals surface area contributed by atoms with Gasteiger partial charge in [0.25, 0.3) is 0 Å². The van der Waals surface area contributed by atoms with Crippen molar-refractivity contribution >= 4 is 11.8 Å². The molecule has 8 nitrogen and oxygen atoms in total. The number of anilines is 1. The lowest BCUT2D eigenvalue weighted by atomic mass is 10.2. The number of aromatic nitrogens is 5. The fraction of sp³-hybridized carbons (Fsp3) is 0.400. The molecule has 0 saturated heterocycles. The van der Waals surface area contributed by atoms with Gasteiger partial charge in [-0.15, -0.1) is 0 Å². The van der Waals surface area contributed by atoms with Gasteiger partial charge < -0.3 is 10.4 Å². The largest absolute Gasteiger partial charge is 0.477 e. The van der Waals surface area contributed by atoms with Gasteiger partial charge in [0.05, 0.1) is 12.2 Å². The third-order valence-electron chi connectivity index (χ3n) is 2.50. The zero-order valence-electron chi connectivity index (χ0n) is 10.4. The lowest BCUT2D eigenvalue weighted by Gasteiger charge is -2.05. The van der Waals surface area contributed by atoms with Gasteiger partial charge in [-0.25, -0.2) is 9.78 Å². The van der Waals surface area contributed by atoms with Crippen LogP contribution in [0.5, 0.6) is 0 Å². The average Bonchev–Trinajstić information content (AvgIpc) is 2.79. The van der Waals surface area contributed by atoms with Crippen LogP contribution in [0.2, 0.25) is 0 Å². The molecule has 0 aromatic carbocycles. The lowest BCUT2D eigenvalue weighted by molar-refractivity contribution is 0.0697. The molecular formula is C10H14N6O2. The van der Waals surface area contributed by atoms with Crippen LogP contribution in [-0.2, 0) is 20.6 Å². The summed E-state index contributed by atoms with van der Waals surface area (Å²) in [7, 11) is 3.46. The van der Waals surface area contributed by atoms with Crippen LogP contribution in [0.3, 0.4) is 0 Å². The van der Waals surface area contributed by atoms with Gasteiger partial charge in [0.2, 0.25) is 0 Å². The van der Waals surface area contributed by atoms with E-state index in [1.165, 1.54) is 4.68 Å². The van der Waals surface area contributed by atoms with Crippen molar-refractivity contribution in [1.82, 2.24) is 24.5 Å². The van der Waals surface area contributed by atoms with E-state index >= 15 is 0 Å². The molecule has 8 heteroatoms. The molecule has 0 spiro atoms. The topological polar surface area (TPSA) is 97.9 Å². The van der Waals surface area contributed by atoms with E-state index in [1.54, 1.807) is 32.0 Å². The Hall–Kier alpha value is -2.38. The number of nitrogens with zero attached hydrogens (tertiary/aromatic N) is 5. The smallest absolute Gasteiger partial charge is 0.341 e. The molecule has 2 aromatic heterocycles. The van der Waals surface area contributed by atoms with Crippen molar-refractivity contribution in [2.45, 2.75) is 13.5 Å². The predicted molar refractivity (Wildman–Crippen MR) is 63.2 cm³/mol. The SMILES string of the molecule is Cc1nn(C)c(NCc2ncn(C)n2)c1C(=O)O. The molecule has 2 aromatic rings. The van der Waals surface area contributed by atoms with E-state index in [9.17, 15) is 4.79 Å². The van der Waals surface area contributed by atoms with Crippen LogP contribution in [0.1, 0.15) is 21.9 Å². The minimum absolute atomic E-state index is 0.174. The van der Waals surface area contributed by atoms with Crippen molar-refractivity contribution in [3.05, 3.63) is 23.4 Å². The summed E-state index contributed by atoms with van der Waals surface area (Å²) in [6, 6.07) is 0. The molecule has 2 heterocycles. The molecule has 96 valence electrons. The fourth-order valence-corrected chi connectivity index (χ4v) is 1.74. The van der Waals surface area contributed by atoms with Crippen molar-refractivity contribution in [1.29, 1.82) is 0 Å². The van der Waals surface area contributed by atoms with Crippen molar-refractivity contribution in [2.75, 3.05) is 5.32 Å². The molecule has 0 aliphatic carbocycles. The number of nitrogens with one attached hydrogen (secondary N) is 1. The third-order valence-corrected chi connectivity index (χ3v) is 2.50. The summed E-state index contributed by atoms with van der Waals surface area (Å²) in [5.41, 5.74) is 0.648. The van der Waals surface area contributed by atoms with Gasteiger partial charge in [0, 0.05) is 14.1 Å². The Morgan fingerprint density at radius 3 is 2.72 bits per heavy atom. The minimum Gasteiger partial charge on any atom is -0.477 e. The summed E-state index contributed by atoms with van der Waals surface area (Å²) in [5, 5.41) is 20.3. The van der Waals surface area contributed by atoms with E-state index in [4.69, 9.17) is 5.11 Å². The molecule has 0 unspecified atom stereocenters. The molecule has 0 saturated carbocycles. The summed E-state index contributed by atoms with van der Waals surface area (Å²) in [5.74, 6) is 0.0391. The normalized spacial score (nSPS) is 10.6. The molecule has 0 radical (unpaired) electrons. The standard InChI is InChI=1S/C10H14N6O2/c1-6-8(10(17)18)9(16(3)13-6)11-4-7-12-5-15(2)14-7/h5,11H,4H2,1-3H3,(H,17,18). The first-order chi connectivity index (χ1) is 8.49. The highest BCUT2D eigenvalue weighted by Crippen LogP contribution is 2.18. The summed E-state index contributed by atoms with van der Waals surface area (Å²) in [6.45, 7) is 2.01. The lowest BCUT2D eigenvalue weighted by Crippen LogP contribution is -2.10.